The first kappa shape index (κ1) is 14.6. The fourth-order valence-electron chi connectivity index (χ4n) is 1.83. The third kappa shape index (κ3) is 3.87. The van der Waals surface area contributed by atoms with Crippen molar-refractivity contribution in [1.82, 2.24) is 9.97 Å². The molecule has 4 heterocycles. The van der Waals surface area contributed by atoms with Gasteiger partial charge in [-0.25, -0.2) is 0 Å². The zero-order valence-corrected chi connectivity index (χ0v) is 13.3. The summed E-state index contributed by atoms with van der Waals surface area (Å²) in [5.74, 6) is 0. The average Bonchev–Trinajstić information content (AvgIpc) is 3.31. The predicted molar refractivity (Wildman–Crippen MR) is 92.8 cm³/mol. The SMILES string of the molecule is [c]1ccc(-c2ccncc2)s1.[c]1ccc(-c2ccncc2)s1. The second kappa shape index (κ2) is 7.64. The van der Waals surface area contributed by atoms with Gasteiger partial charge in [-0.1, -0.05) is 0 Å². The highest BCUT2D eigenvalue weighted by molar-refractivity contribution is 7.13. The van der Waals surface area contributed by atoms with Gasteiger partial charge in [0.2, 0.25) is 0 Å². The van der Waals surface area contributed by atoms with Crippen LogP contribution in [0.15, 0.2) is 73.3 Å². The lowest BCUT2D eigenvalue weighted by atomic mass is 10.2. The predicted octanol–water partition coefficient (Wildman–Crippen LogP) is 5.22. The zero-order chi connectivity index (χ0) is 15.0. The van der Waals surface area contributed by atoms with E-state index in [-0.39, 0.29) is 0 Å². The summed E-state index contributed by atoms with van der Waals surface area (Å²) >= 11 is 3.25. The molecule has 0 atom stereocenters. The van der Waals surface area contributed by atoms with Gasteiger partial charge in [-0.2, -0.15) is 0 Å². The zero-order valence-electron chi connectivity index (χ0n) is 11.6. The number of hydrogen-bond acceptors (Lipinski definition) is 4. The molecule has 0 aliphatic heterocycles. The molecule has 0 aliphatic rings. The van der Waals surface area contributed by atoms with E-state index in [1.807, 2.05) is 36.4 Å². The van der Waals surface area contributed by atoms with Crippen LogP contribution < -0.4 is 0 Å². The quantitative estimate of drug-likeness (QED) is 0.506. The monoisotopic (exact) mass is 320 g/mol. The van der Waals surface area contributed by atoms with E-state index in [1.165, 1.54) is 20.9 Å². The Kier molecular flexibility index (Phi) is 5.08. The Balaban J connectivity index is 0.000000131. The molecule has 0 fully saturated rings. The lowest BCUT2D eigenvalue weighted by molar-refractivity contribution is 1.33. The molecule has 2 radical (unpaired) electrons. The van der Waals surface area contributed by atoms with Gasteiger partial charge in [0.1, 0.15) is 0 Å². The molecular weight excluding hydrogens is 308 g/mol. The molecule has 4 heteroatoms. The van der Waals surface area contributed by atoms with E-state index >= 15 is 0 Å². The van der Waals surface area contributed by atoms with Crippen molar-refractivity contribution in [3.63, 3.8) is 0 Å². The largest absolute Gasteiger partial charge is 0.265 e. The van der Waals surface area contributed by atoms with Crippen LogP contribution in [0.1, 0.15) is 0 Å². The van der Waals surface area contributed by atoms with Crippen LogP contribution in [0.4, 0.5) is 0 Å². The molecule has 0 aromatic carbocycles. The molecule has 4 aromatic heterocycles. The molecule has 0 unspecified atom stereocenters. The van der Waals surface area contributed by atoms with Crippen molar-refractivity contribution < 1.29 is 0 Å². The lowest BCUT2D eigenvalue weighted by Gasteiger charge is -1.92. The molecule has 0 saturated heterocycles. The van der Waals surface area contributed by atoms with E-state index < -0.39 is 0 Å². The number of thiophene rings is 2. The van der Waals surface area contributed by atoms with E-state index in [0.29, 0.717) is 0 Å². The number of rotatable bonds is 2. The van der Waals surface area contributed by atoms with Gasteiger partial charge in [0.15, 0.2) is 0 Å². The van der Waals surface area contributed by atoms with E-state index in [9.17, 15) is 0 Å². The van der Waals surface area contributed by atoms with Gasteiger partial charge in [-0.3, -0.25) is 9.97 Å². The molecule has 0 saturated carbocycles. The molecule has 0 spiro atoms. The second-order valence-electron chi connectivity index (χ2n) is 4.31. The van der Waals surface area contributed by atoms with Crippen LogP contribution in [0.3, 0.4) is 0 Å². The van der Waals surface area contributed by atoms with Crippen LogP contribution in [-0.4, -0.2) is 9.97 Å². The van der Waals surface area contributed by atoms with Crippen molar-refractivity contribution in [2.45, 2.75) is 0 Å². The smallest absolute Gasteiger partial charge is 0.0449 e. The molecule has 0 aliphatic carbocycles. The van der Waals surface area contributed by atoms with E-state index in [4.69, 9.17) is 0 Å². The van der Waals surface area contributed by atoms with Gasteiger partial charge >= 0.3 is 0 Å². The summed E-state index contributed by atoms with van der Waals surface area (Å²) in [5, 5.41) is 6.10. The second-order valence-corrected chi connectivity index (χ2v) is 6.07. The fraction of sp³-hybridized carbons (Fsp3) is 0. The molecule has 0 bridgehead atoms. The van der Waals surface area contributed by atoms with E-state index in [2.05, 4.69) is 32.9 Å². The van der Waals surface area contributed by atoms with Crippen LogP contribution in [0.5, 0.6) is 0 Å². The maximum atomic E-state index is 3.95. The van der Waals surface area contributed by atoms with Crippen molar-refractivity contribution in [2.24, 2.45) is 0 Å². The van der Waals surface area contributed by atoms with Gasteiger partial charge in [-0.05, 0) is 59.7 Å². The molecule has 22 heavy (non-hydrogen) atoms. The molecular formula is C18H12N2S2. The van der Waals surface area contributed by atoms with Crippen LogP contribution in [0.2, 0.25) is 0 Å². The first-order chi connectivity index (χ1) is 10.9. The molecule has 0 N–H and O–H groups in total. The standard InChI is InChI=1S/2C9H6NS/c2*1-2-9(11-7-1)8-3-5-10-6-4-8/h2*1-6H. The average molecular weight is 320 g/mol. The van der Waals surface area contributed by atoms with Gasteiger partial charge in [0.25, 0.3) is 0 Å². The van der Waals surface area contributed by atoms with Crippen LogP contribution in [0, 0.1) is 10.8 Å². The third-order valence-corrected chi connectivity index (χ3v) is 4.56. The summed E-state index contributed by atoms with van der Waals surface area (Å²) in [5.41, 5.74) is 2.43. The van der Waals surface area contributed by atoms with Crippen molar-refractivity contribution in [3.05, 3.63) is 84.1 Å². The Morgan fingerprint density at radius 1 is 0.591 bits per heavy atom. The van der Waals surface area contributed by atoms with Gasteiger partial charge in [0, 0.05) is 45.3 Å². The highest BCUT2D eigenvalue weighted by Crippen LogP contribution is 2.23. The van der Waals surface area contributed by atoms with Crippen molar-refractivity contribution >= 4 is 22.7 Å². The van der Waals surface area contributed by atoms with Crippen LogP contribution in [-0.2, 0) is 0 Å². The number of nitrogens with zero attached hydrogens (tertiary/aromatic N) is 2. The minimum Gasteiger partial charge on any atom is -0.265 e. The molecule has 4 rings (SSSR count). The van der Waals surface area contributed by atoms with Gasteiger partial charge in [-0.15, -0.1) is 22.7 Å². The molecule has 4 aromatic rings. The summed E-state index contributed by atoms with van der Waals surface area (Å²) in [6.07, 6.45) is 7.20. The highest BCUT2D eigenvalue weighted by atomic mass is 32.1. The van der Waals surface area contributed by atoms with Crippen LogP contribution in [0.25, 0.3) is 20.9 Å². The minimum atomic E-state index is 1.21. The highest BCUT2D eigenvalue weighted by Gasteiger charge is 1.95. The van der Waals surface area contributed by atoms with Crippen molar-refractivity contribution in [1.29, 1.82) is 0 Å². The maximum absolute atomic E-state index is 3.95. The summed E-state index contributed by atoms with van der Waals surface area (Å²) < 4.78 is 0. The normalized spacial score (nSPS) is 9.82. The van der Waals surface area contributed by atoms with Gasteiger partial charge < -0.3 is 0 Å². The van der Waals surface area contributed by atoms with Crippen LogP contribution >= 0.6 is 22.7 Å². The maximum Gasteiger partial charge on any atom is 0.0449 e. The molecule has 2 nitrogen and oxygen atoms in total. The molecule has 106 valence electrons. The lowest BCUT2D eigenvalue weighted by Crippen LogP contribution is -1.71. The summed E-state index contributed by atoms with van der Waals surface area (Å²) in [6, 6.07) is 16.0. The fourth-order valence-corrected chi connectivity index (χ4v) is 3.13. The third-order valence-electron chi connectivity index (χ3n) is 2.87. The number of hydrogen-bond donors (Lipinski definition) is 0. The molecule has 0 amide bonds. The summed E-state index contributed by atoms with van der Waals surface area (Å²) in [6.45, 7) is 0. The number of pyridine rings is 2. The summed E-state index contributed by atoms with van der Waals surface area (Å²) in [7, 11) is 0. The Labute approximate surface area is 137 Å². The Hall–Kier alpha value is -2.30. The van der Waals surface area contributed by atoms with E-state index in [0.717, 1.165) is 0 Å². The van der Waals surface area contributed by atoms with E-state index in [1.54, 1.807) is 47.5 Å². The first-order valence-electron chi connectivity index (χ1n) is 6.66. The topological polar surface area (TPSA) is 25.8 Å². The summed E-state index contributed by atoms with van der Waals surface area (Å²) in [4.78, 5) is 10.4. The minimum absolute atomic E-state index is 1.21. The van der Waals surface area contributed by atoms with Gasteiger partial charge in [0.05, 0.1) is 0 Å². The Bertz CT molecular complexity index is 695. The van der Waals surface area contributed by atoms with Crippen molar-refractivity contribution in [3.8, 4) is 20.9 Å². The Morgan fingerprint density at radius 3 is 1.32 bits per heavy atom. The number of aromatic nitrogens is 2. The Morgan fingerprint density at radius 2 is 1.00 bits per heavy atom. The first-order valence-corrected chi connectivity index (χ1v) is 8.29. The van der Waals surface area contributed by atoms with Crippen molar-refractivity contribution in [2.75, 3.05) is 0 Å².